The van der Waals surface area contributed by atoms with Gasteiger partial charge in [-0.25, -0.2) is 0 Å². The summed E-state index contributed by atoms with van der Waals surface area (Å²) in [5, 5.41) is 12.3. The molecule has 0 spiro atoms. The summed E-state index contributed by atoms with van der Waals surface area (Å²) < 4.78 is 36.9. The lowest BCUT2D eigenvalue weighted by atomic mass is 9.96. The number of halogens is 3. The van der Waals surface area contributed by atoms with Crippen LogP contribution in [0.1, 0.15) is 40.5 Å². The average Bonchev–Trinajstić information content (AvgIpc) is 2.25. The molecular formula is C13H24F3N3. The largest absolute Gasteiger partial charge is 0.401 e. The third-order valence-corrected chi connectivity index (χ3v) is 2.86. The summed E-state index contributed by atoms with van der Waals surface area (Å²) >= 11 is 0. The van der Waals surface area contributed by atoms with Crippen LogP contribution in [-0.2, 0) is 0 Å². The summed E-state index contributed by atoms with van der Waals surface area (Å²) in [5.74, 6) is 0. The van der Waals surface area contributed by atoms with Crippen LogP contribution in [0.25, 0.3) is 0 Å². The van der Waals surface area contributed by atoms with Gasteiger partial charge >= 0.3 is 6.18 Å². The molecule has 0 heterocycles. The van der Waals surface area contributed by atoms with Crippen molar-refractivity contribution >= 4 is 0 Å². The molecule has 1 atom stereocenters. The topological polar surface area (TPSA) is 39.1 Å². The van der Waals surface area contributed by atoms with Crippen molar-refractivity contribution in [3.63, 3.8) is 0 Å². The van der Waals surface area contributed by atoms with Gasteiger partial charge in [0, 0.05) is 6.04 Å². The zero-order chi connectivity index (χ0) is 15.1. The molecule has 0 aromatic carbocycles. The fourth-order valence-corrected chi connectivity index (χ4v) is 2.06. The standard InChI is InChI=1S/C13H24F3N3/c1-5-19(10-13(14,15)16)8-6-7-12(4,9-17)18-11(2)3/h11,18H,5-8,10H2,1-4H3. The Morgan fingerprint density at radius 3 is 2.26 bits per heavy atom. The van der Waals surface area contributed by atoms with E-state index in [1.165, 1.54) is 4.90 Å². The Hall–Kier alpha value is -0.800. The first kappa shape index (κ1) is 18.2. The second-order valence-corrected chi connectivity index (χ2v) is 5.33. The van der Waals surface area contributed by atoms with E-state index in [1.54, 1.807) is 13.8 Å². The summed E-state index contributed by atoms with van der Waals surface area (Å²) in [6.07, 6.45) is -3.06. The van der Waals surface area contributed by atoms with E-state index in [9.17, 15) is 13.2 Å². The zero-order valence-corrected chi connectivity index (χ0v) is 12.1. The third-order valence-electron chi connectivity index (χ3n) is 2.86. The maximum Gasteiger partial charge on any atom is 0.401 e. The van der Waals surface area contributed by atoms with Gasteiger partial charge in [0.15, 0.2) is 0 Å². The first-order valence-corrected chi connectivity index (χ1v) is 6.60. The van der Waals surface area contributed by atoms with Crippen LogP contribution < -0.4 is 5.32 Å². The van der Waals surface area contributed by atoms with Crippen molar-refractivity contribution in [1.82, 2.24) is 10.2 Å². The van der Waals surface area contributed by atoms with Crippen molar-refractivity contribution in [2.75, 3.05) is 19.6 Å². The molecule has 3 nitrogen and oxygen atoms in total. The van der Waals surface area contributed by atoms with E-state index in [4.69, 9.17) is 5.26 Å². The number of hydrogen-bond donors (Lipinski definition) is 1. The van der Waals surface area contributed by atoms with Crippen LogP contribution in [0.2, 0.25) is 0 Å². The Labute approximate surface area is 113 Å². The highest BCUT2D eigenvalue weighted by atomic mass is 19.4. The smallest absolute Gasteiger partial charge is 0.297 e. The fraction of sp³-hybridized carbons (Fsp3) is 0.923. The van der Waals surface area contributed by atoms with Crippen LogP contribution in [0.5, 0.6) is 0 Å². The van der Waals surface area contributed by atoms with Gasteiger partial charge in [-0.1, -0.05) is 6.92 Å². The zero-order valence-electron chi connectivity index (χ0n) is 12.1. The molecule has 0 radical (unpaired) electrons. The molecule has 0 fully saturated rings. The Balaban J connectivity index is 4.21. The lowest BCUT2D eigenvalue weighted by molar-refractivity contribution is -0.145. The van der Waals surface area contributed by atoms with Gasteiger partial charge in [-0.05, 0) is 46.7 Å². The molecule has 6 heteroatoms. The predicted octanol–water partition coefficient (Wildman–Crippen LogP) is 2.93. The fourth-order valence-electron chi connectivity index (χ4n) is 2.06. The quantitative estimate of drug-likeness (QED) is 0.742. The molecule has 0 amide bonds. The molecular weight excluding hydrogens is 255 g/mol. The van der Waals surface area contributed by atoms with Gasteiger partial charge in [-0.15, -0.1) is 0 Å². The summed E-state index contributed by atoms with van der Waals surface area (Å²) in [6.45, 7) is 7.21. The van der Waals surface area contributed by atoms with Crippen LogP contribution in [0.3, 0.4) is 0 Å². The normalized spacial score (nSPS) is 15.6. The number of nitrogens with zero attached hydrogens (tertiary/aromatic N) is 2. The second-order valence-electron chi connectivity index (χ2n) is 5.33. The van der Waals surface area contributed by atoms with Gasteiger partial charge in [0.1, 0.15) is 5.54 Å². The minimum Gasteiger partial charge on any atom is -0.297 e. The van der Waals surface area contributed by atoms with Gasteiger partial charge in [-0.3, -0.25) is 10.2 Å². The lowest BCUT2D eigenvalue weighted by Gasteiger charge is -2.28. The van der Waals surface area contributed by atoms with E-state index >= 15 is 0 Å². The second kappa shape index (κ2) is 7.71. The first-order valence-electron chi connectivity index (χ1n) is 6.60. The van der Waals surface area contributed by atoms with Crippen molar-refractivity contribution in [1.29, 1.82) is 5.26 Å². The summed E-state index contributed by atoms with van der Waals surface area (Å²) in [7, 11) is 0. The SMILES string of the molecule is CCN(CCCC(C)(C#N)NC(C)C)CC(F)(F)F. The molecule has 112 valence electrons. The highest BCUT2D eigenvalue weighted by molar-refractivity contribution is 5.04. The third kappa shape index (κ3) is 8.84. The Morgan fingerprint density at radius 2 is 1.89 bits per heavy atom. The van der Waals surface area contributed by atoms with E-state index < -0.39 is 18.3 Å². The highest BCUT2D eigenvalue weighted by Crippen LogP contribution is 2.18. The van der Waals surface area contributed by atoms with Gasteiger partial charge in [0.2, 0.25) is 0 Å². The van der Waals surface area contributed by atoms with Gasteiger partial charge in [0.25, 0.3) is 0 Å². The van der Waals surface area contributed by atoms with Crippen LogP contribution in [0, 0.1) is 11.3 Å². The van der Waals surface area contributed by atoms with Gasteiger partial charge < -0.3 is 0 Å². The first-order chi connectivity index (χ1) is 8.62. The van der Waals surface area contributed by atoms with Crippen molar-refractivity contribution in [2.24, 2.45) is 0 Å². The Kier molecular flexibility index (Phi) is 7.38. The Bertz CT molecular complexity index is 296. The number of hydrogen-bond acceptors (Lipinski definition) is 3. The average molecular weight is 279 g/mol. The van der Waals surface area contributed by atoms with E-state index in [1.807, 2.05) is 13.8 Å². The molecule has 0 saturated heterocycles. The minimum atomic E-state index is -4.16. The maximum absolute atomic E-state index is 12.3. The summed E-state index contributed by atoms with van der Waals surface area (Å²) in [4.78, 5) is 1.35. The molecule has 0 saturated carbocycles. The monoisotopic (exact) mass is 279 g/mol. The van der Waals surface area contributed by atoms with Crippen LogP contribution >= 0.6 is 0 Å². The molecule has 0 aliphatic rings. The van der Waals surface area contributed by atoms with Crippen LogP contribution in [0.15, 0.2) is 0 Å². The molecule has 0 aliphatic heterocycles. The predicted molar refractivity (Wildman–Crippen MR) is 69.7 cm³/mol. The molecule has 1 N–H and O–H groups in total. The van der Waals surface area contributed by atoms with Crippen LogP contribution in [-0.4, -0.2) is 42.3 Å². The minimum absolute atomic E-state index is 0.169. The van der Waals surface area contributed by atoms with Crippen molar-refractivity contribution in [2.45, 2.75) is 58.3 Å². The van der Waals surface area contributed by atoms with Crippen LogP contribution in [0.4, 0.5) is 13.2 Å². The summed E-state index contributed by atoms with van der Waals surface area (Å²) in [5.41, 5.74) is -0.675. The maximum atomic E-state index is 12.3. The lowest BCUT2D eigenvalue weighted by Crippen LogP contribution is -2.45. The van der Waals surface area contributed by atoms with E-state index in [-0.39, 0.29) is 6.04 Å². The molecule has 0 aromatic heterocycles. The Morgan fingerprint density at radius 1 is 1.32 bits per heavy atom. The van der Waals surface area contributed by atoms with Crippen molar-refractivity contribution in [3.8, 4) is 6.07 Å². The van der Waals surface area contributed by atoms with E-state index in [2.05, 4.69) is 11.4 Å². The highest BCUT2D eigenvalue weighted by Gasteiger charge is 2.30. The van der Waals surface area contributed by atoms with Gasteiger partial charge in [-0.2, -0.15) is 18.4 Å². The molecule has 1 unspecified atom stereocenters. The molecule has 19 heavy (non-hydrogen) atoms. The van der Waals surface area contributed by atoms with E-state index in [0.717, 1.165) is 0 Å². The number of alkyl halides is 3. The number of nitrogens with one attached hydrogen (secondary N) is 1. The molecule has 0 bridgehead atoms. The number of nitriles is 1. The summed E-state index contributed by atoms with van der Waals surface area (Å²) in [6, 6.07) is 2.37. The van der Waals surface area contributed by atoms with Gasteiger partial charge in [0.05, 0.1) is 12.6 Å². The molecule has 0 rings (SSSR count). The number of rotatable bonds is 8. The van der Waals surface area contributed by atoms with Crippen molar-refractivity contribution in [3.05, 3.63) is 0 Å². The molecule has 0 aliphatic carbocycles. The molecule has 0 aromatic rings. The van der Waals surface area contributed by atoms with Crippen molar-refractivity contribution < 1.29 is 13.2 Å². The van der Waals surface area contributed by atoms with E-state index in [0.29, 0.717) is 25.9 Å².